The summed E-state index contributed by atoms with van der Waals surface area (Å²) >= 11 is 0. The number of benzene rings is 2. The summed E-state index contributed by atoms with van der Waals surface area (Å²) in [6.07, 6.45) is -10.0. The van der Waals surface area contributed by atoms with Gasteiger partial charge in [0.2, 0.25) is 5.91 Å². The van der Waals surface area contributed by atoms with Gasteiger partial charge in [0.25, 0.3) is 0 Å². The van der Waals surface area contributed by atoms with E-state index in [9.17, 15) is 53.6 Å². The van der Waals surface area contributed by atoms with Crippen LogP contribution >= 0.6 is 0 Å². The maximum Gasteiger partial charge on any atom is 0.416 e. The smallest absolute Gasteiger partial charge is 0.336 e. The number of halogens is 8. The molecule has 3 rings (SSSR count). The minimum Gasteiger partial charge on any atom is -0.336 e. The number of amides is 1. The fourth-order valence-electron chi connectivity index (χ4n) is 3.68. The molecular weight excluding hydrogens is 550 g/mol. The van der Waals surface area contributed by atoms with Gasteiger partial charge in [-0.15, -0.1) is 0 Å². The molecule has 1 fully saturated rings. The number of nitriles is 1. The van der Waals surface area contributed by atoms with E-state index >= 15 is 0 Å². The van der Waals surface area contributed by atoms with Gasteiger partial charge in [0.05, 0.1) is 23.1 Å². The lowest BCUT2D eigenvalue weighted by Crippen LogP contribution is -2.54. The molecule has 0 bridgehead atoms. The quantitative estimate of drug-likeness (QED) is 0.438. The highest BCUT2D eigenvalue weighted by Gasteiger charge is 2.49. The molecule has 206 valence electrons. The van der Waals surface area contributed by atoms with Crippen LogP contribution in [0.3, 0.4) is 0 Å². The van der Waals surface area contributed by atoms with Crippen LogP contribution in [0.25, 0.3) is 0 Å². The van der Waals surface area contributed by atoms with Gasteiger partial charge in [-0.2, -0.15) is 31.6 Å². The van der Waals surface area contributed by atoms with Gasteiger partial charge in [-0.1, -0.05) is 24.3 Å². The maximum absolute atomic E-state index is 14.3. The Morgan fingerprint density at radius 3 is 2.21 bits per heavy atom. The van der Waals surface area contributed by atoms with Crippen molar-refractivity contribution in [2.45, 2.75) is 48.6 Å². The summed E-state index contributed by atoms with van der Waals surface area (Å²) in [7, 11) is -4.72. The molecule has 2 atom stereocenters. The van der Waals surface area contributed by atoms with E-state index in [1.807, 2.05) is 0 Å². The highest BCUT2D eigenvalue weighted by atomic mass is 32.2. The maximum atomic E-state index is 14.3. The van der Waals surface area contributed by atoms with Gasteiger partial charge in [0.1, 0.15) is 29.3 Å². The lowest BCUT2D eigenvalue weighted by atomic mass is 10.0. The van der Waals surface area contributed by atoms with E-state index in [1.54, 1.807) is 11.4 Å². The third kappa shape index (κ3) is 7.19. The molecule has 0 aromatic heterocycles. The first-order valence-corrected chi connectivity index (χ1v) is 12.6. The normalized spacial score (nSPS) is 16.8. The van der Waals surface area contributed by atoms with Crippen LogP contribution in [-0.2, 0) is 26.6 Å². The van der Waals surface area contributed by atoms with Crippen molar-refractivity contribution in [3.05, 3.63) is 70.8 Å². The van der Waals surface area contributed by atoms with Gasteiger partial charge in [-0.25, -0.2) is 17.2 Å². The Balaban J connectivity index is 1.97. The van der Waals surface area contributed by atoms with Crippen molar-refractivity contribution in [3.8, 4) is 6.07 Å². The molecule has 1 unspecified atom stereocenters. The topological polar surface area (TPSA) is 99.1 Å². The molecule has 0 aliphatic heterocycles. The summed E-state index contributed by atoms with van der Waals surface area (Å²) in [5.74, 6) is -6.91. The van der Waals surface area contributed by atoms with Gasteiger partial charge >= 0.3 is 12.4 Å². The van der Waals surface area contributed by atoms with Crippen molar-refractivity contribution in [3.63, 3.8) is 0 Å². The molecule has 15 heteroatoms. The average molecular weight is 569 g/mol. The molecule has 1 saturated carbocycles. The average Bonchev–Trinajstić information content (AvgIpc) is 3.55. The van der Waals surface area contributed by atoms with Crippen molar-refractivity contribution in [1.29, 1.82) is 5.26 Å². The van der Waals surface area contributed by atoms with Crippen LogP contribution in [-0.4, -0.2) is 37.8 Å². The Labute approximate surface area is 211 Å². The molecule has 1 aliphatic carbocycles. The summed E-state index contributed by atoms with van der Waals surface area (Å²) in [4.78, 5) is 12.9. The highest BCUT2D eigenvalue weighted by Crippen LogP contribution is 2.37. The van der Waals surface area contributed by atoms with Crippen LogP contribution in [0.2, 0.25) is 0 Å². The van der Waals surface area contributed by atoms with Crippen LogP contribution in [0.5, 0.6) is 0 Å². The van der Waals surface area contributed by atoms with Crippen LogP contribution < -0.4 is 10.6 Å². The van der Waals surface area contributed by atoms with Gasteiger partial charge in [0.15, 0.2) is 9.84 Å². The first-order chi connectivity index (χ1) is 17.5. The largest absolute Gasteiger partial charge is 0.416 e. The summed E-state index contributed by atoms with van der Waals surface area (Å²) in [6, 6.07) is 1.21. The zero-order valence-electron chi connectivity index (χ0n) is 19.1. The van der Waals surface area contributed by atoms with Crippen molar-refractivity contribution in [1.82, 2.24) is 10.6 Å². The van der Waals surface area contributed by atoms with Gasteiger partial charge in [0, 0.05) is 11.6 Å². The number of rotatable bonds is 9. The summed E-state index contributed by atoms with van der Waals surface area (Å²) in [5.41, 5.74) is -4.59. The molecular formula is C23H19F8N3O3S. The fourth-order valence-corrected chi connectivity index (χ4v) is 5.28. The molecule has 2 N–H and O–H groups in total. The van der Waals surface area contributed by atoms with Crippen molar-refractivity contribution >= 4 is 15.7 Å². The molecule has 0 heterocycles. The molecule has 0 radical (unpaired) electrons. The Hall–Kier alpha value is -3.25. The third-order valence-corrected chi connectivity index (χ3v) is 7.32. The molecule has 2 aromatic carbocycles. The minimum absolute atomic E-state index is 0.128. The predicted molar refractivity (Wildman–Crippen MR) is 117 cm³/mol. The molecule has 0 spiro atoms. The van der Waals surface area contributed by atoms with E-state index in [4.69, 9.17) is 0 Å². The SMILES string of the molecule is N#CC1(NC(=O)C(CS(=O)(=O)Cc2ccccc2C(F)(F)F)N[C@H](c2ccc(F)cc2F)C(F)(F)F)CC1. The second kappa shape index (κ2) is 10.5. The number of carbonyl (C=O) groups excluding carboxylic acids is 1. The number of nitrogens with zero attached hydrogens (tertiary/aromatic N) is 1. The number of carbonyl (C=O) groups is 1. The summed E-state index contributed by atoms with van der Waals surface area (Å²) in [6.45, 7) is 0. The van der Waals surface area contributed by atoms with Gasteiger partial charge in [-0.3, -0.25) is 10.1 Å². The summed E-state index contributed by atoms with van der Waals surface area (Å²) in [5, 5.41) is 13.1. The lowest BCUT2D eigenvalue weighted by molar-refractivity contribution is -0.161. The number of hydrogen-bond donors (Lipinski definition) is 2. The number of nitrogens with one attached hydrogen (secondary N) is 2. The van der Waals surface area contributed by atoms with E-state index in [2.05, 4.69) is 5.32 Å². The Morgan fingerprint density at radius 1 is 1.05 bits per heavy atom. The zero-order valence-corrected chi connectivity index (χ0v) is 19.9. The summed E-state index contributed by atoms with van der Waals surface area (Å²) < 4.78 is 135. The van der Waals surface area contributed by atoms with Crippen LogP contribution in [0, 0.1) is 23.0 Å². The Kier molecular flexibility index (Phi) is 8.09. The molecule has 1 amide bonds. The first kappa shape index (κ1) is 29.3. The highest BCUT2D eigenvalue weighted by molar-refractivity contribution is 7.90. The second-order valence-electron chi connectivity index (χ2n) is 8.75. The number of hydrogen-bond acceptors (Lipinski definition) is 5. The van der Waals surface area contributed by atoms with E-state index in [1.165, 1.54) is 0 Å². The van der Waals surface area contributed by atoms with Crippen LogP contribution in [0.1, 0.15) is 35.6 Å². The lowest BCUT2D eigenvalue weighted by Gasteiger charge is -2.28. The Bertz CT molecular complexity index is 1350. The fraction of sp³-hybridized carbons (Fsp3) is 0.391. The van der Waals surface area contributed by atoms with Crippen molar-refractivity contribution < 1.29 is 48.3 Å². The standard InChI is InChI=1S/C23H19F8N3O3S/c24-14-5-6-15(17(25)9-14)19(23(29,30)31)33-18(20(35)34-21(12-32)7-8-21)11-38(36,37)10-13-3-1-2-4-16(13)22(26,27)28/h1-6,9,18-19,33H,7-8,10-11H2,(H,34,35)/t18?,19-/m1/s1. The first-order valence-electron chi connectivity index (χ1n) is 10.8. The molecule has 1 aliphatic rings. The predicted octanol–water partition coefficient (Wildman–Crippen LogP) is 4.33. The van der Waals surface area contributed by atoms with Gasteiger partial charge < -0.3 is 5.32 Å². The van der Waals surface area contributed by atoms with E-state index in [0.29, 0.717) is 18.2 Å². The van der Waals surface area contributed by atoms with Gasteiger partial charge in [-0.05, 0) is 30.5 Å². The number of sulfone groups is 1. The van der Waals surface area contributed by atoms with E-state index in [0.717, 1.165) is 18.2 Å². The molecule has 2 aromatic rings. The molecule has 38 heavy (non-hydrogen) atoms. The van der Waals surface area contributed by atoms with Crippen molar-refractivity contribution in [2.24, 2.45) is 0 Å². The zero-order chi connectivity index (χ0) is 28.5. The minimum atomic E-state index is -5.32. The molecule has 0 saturated heterocycles. The Morgan fingerprint density at radius 2 is 1.68 bits per heavy atom. The third-order valence-electron chi connectivity index (χ3n) is 5.73. The van der Waals surface area contributed by atoms with Crippen LogP contribution in [0.15, 0.2) is 42.5 Å². The van der Waals surface area contributed by atoms with Crippen molar-refractivity contribution in [2.75, 3.05) is 5.75 Å². The molecule has 6 nitrogen and oxygen atoms in total. The van der Waals surface area contributed by atoms with Crippen LogP contribution in [0.4, 0.5) is 35.1 Å². The number of alkyl halides is 6. The second-order valence-corrected chi connectivity index (χ2v) is 10.9. The monoisotopic (exact) mass is 569 g/mol. The van der Waals surface area contributed by atoms with E-state index < -0.39 is 85.6 Å². The van der Waals surface area contributed by atoms with E-state index in [-0.39, 0.29) is 18.9 Å².